The number of ether oxygens (including phenoxy) is 2. The zero-order valence-electron chi connectivity index (χ0n) is 12.8. The summed E-state index contributed by atoms with van der Waals surface area (Å²) in [4.78, 5) is 11.9. The van der Waals surface area contributed by atoms with E-state index < -0.39 is 0 Å². The molecule has 0 saturated carbocycles. The van der Waals surface area contributed by atoms with E-state index in [9.17, 15) is 4.79 Å². The Morgan fingerprint density at radius 1 is 1.14 bits per heavy atom. The third-order valence-electron chi connectivity index (χ3n) is 3.13. The predicted molar refractivity (Wildman–Crippen MR) is 88.0 cm³/mol. The van der Waals surface area contributed by atoms with Crippen molar-refractivity contribution in [2.24, 2.45) is 0 Å². The van der Waals surface area contributed by atoms with Gasteiger partial charge in [0, 0.05) is 16.8 Å². The number of halogens is 1. The molecule has 0 radical (unpaired) electrons. The lowest BCUT2D eigenvalue weighted by Gasteiger charge is -2.11. The molecule has 0 heterocycles. The summed E-state index contributed by atoms with van der Waals surface area (Å²) in [6.45, 7) is 3.73. The largest absolute Gasteiger partial charge is 0.497 e. The highest BCUT2D eigenvalue weighted by Gasteiger charge is 2.07. The van der Waals surface area contributed by atoms with Crippen LogP contribution in [-0.2, 0) is 4.79 Å². The normalized spacial score (nSPS) is 10.2. The number of hydrogen-bond donors (Lipinski definition) is 1. The fraction of sp³-hybridized carbons (Fsp3) is 0.235. The fourth-order valence-electron chi connectivity index (χ4n) is 2.04. The lowest BCUT2D eigenvalue weighted by Crippen LogP contribution is -2.20. The maximum atomic E-state index is 11.9. The van der Waals surface area contributed by atoms with Crippen LogP contribution in [0.2, 0.25) is 5.02 Å². The third kappa shape index (κ3) is 4.15. The van der Waals surface area contributed by atoms with Gasteiger partial charge in [0.2, 0.25) is 0 Å². The molecule has 0 fully saturated rings. The van der Waals surface area contributed by atoms with E-state index >= 15 is 0 Å². The molecule has 0 saturated heterocycles. The van der Waals surface area contributed by atoms with E-state index in [2.05, 4.69) is 5.32 Å². The molecule has 0 atom stereocenters. The first-order valence-electron chi connectivity index (χ1n) is 6.83. The standard InChI is InChI=1S/C17H18ClNO3/c1-11-7-15(8-12(2)17(11)18)22-10-16(20)19-13-5-4-6-14(9-13)21-3/h4-9H,10H2,1-3H3,(H,19,20). The molecule has 0 aliphatic carbocycles. The number of nitrogens with one attached hydrogen (secondary N) is 1. The maximum absolute atomic E-state index is 11.9. The molecule has 22 heavy (non-hydrogen) atoms. The van der Waals surface area contributed by atoms with Gasteiger partial charge < -0.3 is 14.8 Å². The first kappa shape index (κ1) is 16.2. The quantitative estimate of drug-likeness (QED) is 0.906. The Hall–Kier alpha value is -2.20. The number of carbonyl (C=O) groups excluding carboxylic acids is 1. The van der Waals surface area contributed by atoms with Gasteiger partial charge in [0.05, 0.1) is 7.11 Å². The van der Waals surface area contributed by atoms with Crippen LogP contribution in [0.15, 0.2) is 36.4 Å². The van der Waals surface area contributed by atoms with Crippen molar-refractivity contribution in [1.29, 1.82) is 0 Å². The van der Waals surface area contributed by atoms with Gasteiger partial charge in [-0.1, -0.05) is 17.7 Å². The maximum Gasteiger partial charge on any atom is 0.262 e. The van der Waals surface area contributed by atoms with Crippen LogP contribution < -0.4 is 14.8 Å². The second kappa shape index (κ2) is 7.18. The zero-order valence-corrected chi connectivity index (χ0v) is 13.5. The molecule has 0 bridgehead atoms. The highest BCUT2D eigenvalue weighted by atomic mass is 35.5. The number of anilines is 1. The number of carbonyl (C=O) groups is 1. The highest BCUT2D eigenvalue weighted by Crippen LogP contribution is 2.25. The van der Waals surface area contributed by atoms with Crippen LogP contribution in [0.3, 0.4) is 0 Å². The SMILES string of the molecule is COc1cccc(NC(=O)COc2cc(C)c(Cl)c(C)c2)c1. The van der Waals surface area contributed by atoms with Crippen molar-refractivity contribution in [2.45, 2.75) is 13.8 Å². The van der Waals surface area contributed by atoms with E-state index in [1.165, 1.54) is 0 Å². The summed E-state index contributed by atoms with van der Waals surface area (Å²) in [6, 6.07) is 10.8. The molecular weight excluding hydrogens is 302 g/mol. The Bertz CT molecular complexity index is 662. The summed E-state index contributed by atoms with van der Waals surface area (Å²) in [7, 11) is 1.58. The molecule has 2 aromatic carbocycles. The second-order valence-electron chi connectivity index (χ2n) is 4.94. The van der Waals surface area contributed by atoms with Gasteiger partial charge in [-0.3, -0.25) is 4.79 Å². The fourth-order valence-corrected chi connectivity index (χ4v) is 2.15. The molecule has 0 aliphatic heterocycles. The van der Waals surface area contributed by atoms with Crippen molar-refractivity contribution in [3.63, 3.8) is 0 Å². The van der Waals surface area contributed by atoms with Crippen molar-refractivity contribution >= 4 is 23.2 Å². The van der Waals surface area contributed by atoms with Gasteiger partial charge in [0.1, 0.15) is 11.5 Å². The van der Waals surface area contributed by atoms with Crippen LogP contribution in [0.1, 0.15) is 11.1 Å². The van der Waals surface area contributed by atoms with Gasteiger partial charge in [0.15, 0.2) is 6.61 Å². The molecule has 5 heteroatoms. The van der Waals surface area contributed by atoms with Gasteiger partial charge in [-0.25, -0.2) is 0 Å². The number of amides is 1. The van der Waals surface area contributed by atoms with E-state index in [0.29, 0.717) is 22.2 Å². The minimum atomic E-state index is -0.237. The molecule has 0 unspecified atom stereocenters. The van der Waals surface area contributed by atoms with Crippen LogP contribution in [0, 0.1) is 13.8 Å². The van der Waals surface area contributed by atoms with Crippen LogP contribution in [-0.4, -0.2) is 19.6 Å². The topological polar surface area (TPSA) is 47.6 Å². The summed E-state index contributed by atoms with van der Waals surface area (Å²) in [6.07, 6.45) is 0. The minimum absolute atomic E-state index is 0.0717. The monoisotopic (exact) mass is 319 g/mol. The first-order valence-corrected chi connectivity index (χ1v) is 7.21. The number of benzene rings is 2. The Morgan fingerprint density at radius 2 is 1.82 bits per heavy atom. The summed E-state index contributed by atoms with van der Waals surface area (Å²) in [5, 5.41) is 3.47. The van der Waals surface area contributed by atoms with E-state index in [1.807, 2.05) is 32.0 Å². The van der Waals surface area contributed by atoms with Gasteiger partial charge >= 0.3 is 0 Å². The third-order valence-corrected chi connectivity index (χ3v) is 3.73. The first-order chi connectivity index (χ1) is 10.5. The molecule has 0 aliphatic rings. The molecule has 0 spiro atoms. The Morgan fingerprint density at radius 3 is 2.45 bits per heavy atom. The van der Waals surface area contributed by atoms with Crippen molar-refractivity contribution in [3.05, 3.63) is 52.5 Å². The average molecular weight is 320 g/mol. The smallest absolute Gasteiger partial charge is 0.262 e. The van der Waals surface area contributed by atoms with E-state index in [4.69, 9.17) is 21.1 Å². The highest BCUT2D eigenvalue weighted by molar-refractivity contribution is 6.32. The lowest BCUT2D eigenvalue weighted by atomic mass is 10.1. The molecule has 1 N–H and O–H groups in total. The summed E-state index contributed by atoms with van der Waals surface area (Å²) in [5.41, 5.74) is 2.51. The molecule has 1 amide bonds. The van der Waals surface area contributed by atoms with Crippen molar-refractivity contribution in [3.8, 4) is 11.5 Å². The Labute approximate surface area is 135 Å². The van der Waals surface area contributed by atoms with Gasteiger partial charge in [0.25, 0.3) is 5.91 Å². The second-order valence-corrected chi connectivity index (χ2v) is 5.32. The molecule has 2 rings (SSSR count). The molecule has 4 nitrogen and oxygen atoms in total. The van der Waals surface area contributed by atoms with E-state index in [-0.39, 0.29) is 12.5 Å². The lowest BCUT2D eigenvalue weighted by molar-refractivity contribution is -0.118. The number of aryl methyl sites for hydroxylation is 2. The van der Waals surface area contributed by atoms with Crippen LogP contribution in [0.4, 0.5) is 5.69 Å². The summed E-state index contributed by atoms with van der Waals surface area (Å²) in [5.74, 6) is 1.07. The van der Waals surface area contributed by atoms with Gasteiger partial charge in [-0.2, -0.15) is 0 Å². The summed E-state index contributed by atoms with van der Waals surface area (Å²) < 4.78 is 10.6. The van der Waals surface area contributed by atoms with Crippen LogP contribution in [0.5, 0.6) is 11.5 Å². The van der Waals surface area contributed by atoms with E-state index in [1.54, 1.807) is 25.3 Å². The number of rotatable bonds is 5. The van der Waals surface area contributed by atoms with E-state index in [0.717, 1.165) is 11.1 Å². The number of methoxy groups -OCH3 is 1. The summed E-state index contributed by atoms with van der Waals surface area (Å²) >= 11 is 6.10. The van der Waals surface area contributed by atoms with Crippen molar-refractivity contribution in [1.82, 2.24) is 0 Å². The van der Waals surface area contributed by atoms with Crippen molar-refractivity contribution < 1.29 is 14.3 Å². The number of hydrogen-bond acceptors (Lipinski definition) is 3. The van der Waals surface area contributed by atoms with Gasteiger partial charge in [-0.05, 0) is 49.2 Å². The molecule has 116 valence electrons. The van der Waals surface area contributed by atoms with Gasteiger partial charge in [-0.15, -0.1) is 0 Å². The molecular formula is C17H18ClNO3. The Balaban J connectivity index is 1.95. The molecule has 0 aromatic heterocycles. The average Bonchev–Trinajstić information content (AvgIpc) is 2.50. The van der Waals surface area contributed by atoms with Crippen LogP contribution >= 0.6 is 11.6 Å². The predicted octanol–water partition coefficient (Wildman–Crippen LogP) is 3.98. The zero-order chi connectivity index (χ0) is 16.1. The molecule has 2 aromatic rings. The minimum Gasteiger partial charge on any atom is -0.497 e. The van der Waals surface area contributed by atoms with Crippen molar-refractivity contribution in [2.75, 3.05) is 19.0 Å². The Kier molecular flexibility index (Phi) is 5.28. The van der Waals surface area contributed by atoms with Crippen LogP contribution in [0.25, 0.3) is 0 Å².